The van der Waals surface area contributed by atoms with E-state index in [1.54, 1.807) is 11.8 Å². The molecule has 2 N–H and O–H groups in total. The zero-order valence-corrected chi connectivity index (χ0v) is 10.6. The number of hydrogen-bond acceptors (Lipinski definition) is 4. The molecule has 1 atom stereocenters. The fraction of sp³-hybridized carbons (Fsp3) is 0.727. The Balaban J connectivity index is 3.08. The van der Waals surface area contributed by atoms with Gasteiger partial charge in [-0.05, 0) is 6.92 Å². The molecule has 0 aliphatic heterocycles. The zero-order valence-electron chi connectivity index (χ0n) is 10.6. The second kappa shape index (κ2) is 5.32. The van der Waals surface area contributed by atoms with Gasteiger partial charge in [-0.1, -0.05) is 13.8 Å². The van der Waals surface area contributed by atoms with Gasteiger partial charge in [0.25, 0.3) is 0 Å². The highest BCUT2D eigenvalue weighted by Crippen LogP contribution is 2.27. The quantitative estimate of drug-likeness (QED) is 0.780. The molecule has 0 bridgehead atoms. The van der Waals surface area contributed by atoms with Crippen molar-refractivity contribution in [2.75, 3.05) is 13.7 Å². The number of ether oxygens (including phenoxy) is 1. The van der Waals surface area contributed by atoms with Crippen LogP contribution in [0.4, 0.5) is 0 Å². The van der Waals surface area contributed by atoms with Gasteiger partial charge in [-0.25, -0.2) is 4.68 Å². The molecule has 5 nitrogen and oxygen atoms in total. The molecule has 92 valence electrons. The first-order valence-corrected chi connectivity index (χ1v) is 5.45. The van der Waals surface area contributed by atoms with Crippen molar-refractivity contribution in [2.24, 2.45) is 7.05 Å². The third-order valence-corrected chi connectivity index (χ3v) is 2.47. The van der Waals surface area contributed by atoms with Crippen molar-refractivity contribution in [2.45, 2.75) is 32.9 Å². The minimum Gasteiger partial charge on any atom is -0.481 e. The van der Waals surface area contributed by atoms with Crippen LogP contribution in [0.25, 0.3) is 0 Å². The van der Waals surface area contributed by atoms with Gasteiger partial charge in [-0.2, -0.15) is 5.10 Å². The highest BCUT2D eigenvalue weighted by molar-refractivity contribution is 5.34. The molecule has 1 unspecified atom stereocenters. The summed E-state index contributed by atoms with van der Waals surface area (Å²) in [7, 11) is 3.45. The average Bonchev–Trinajstić information content (AvgIpc) is 2.49. The monoisotopic (exact) mass is 227 g/mol. The number of aliphatic hydroxyl groups excluding tert-OH is 1. The Bertz CT molecular complexity index is 347. The Labute approximate surface area is 96.4 Å². The number of aromatic nitrogens is 2. The summed E-state index contributed by atoms with van der Waals surface area (Å²) in [6, 6.07) is 0.158. The van der Waals surface area contributed by atoms with Gasteiger partial charge in [0.2, 0.25) is 5.88 Å². The minimum atomic E-state index is -0.136. The number of aryl methyl sites for hydroxylation is 2. The van der Waals surface area contributed by atoms with E-state index in [2.05, 4.69) is 10.4 Å². The molecule has 1 aromatic heterocycles. The summed E-state index contributed by atoms with van der Waals surface area (Å²) >= 11 is 0. The van der Waals surface area contributed by atoms with Crippen LogP contribution in [0.1, 0.15) is 31.1 Å². The fourth-order valence-electron chi connectivity index (χ4n) is 1.93. The van der Waals surface area contributed by atoms with E-state index in [-0.39, 0.29) is 12.6 Å². The lowest BCUT2D eigenvalue weighted by Gasteiger charge is -2.19. The third kappa shape index (κ3) is 2.54. The second-order valence-corrected chi connectivity index (χ2v) is 4.19. The van der Waals surface area contributed by atoms with Crippen molar-refractivity contribution in [3.63, 3.8) is 0 Å². The minimum absolute atomic E-state index is 0.0288. The molecular weight excluding hydrogens is 206 g/mol. The van der Waals surface area contributed by atoms with E-state index in [0.29, 0.717) is 11.9 Å². The lowest BCUT2D eigenvalue weighted by Crippen LogP contribution is -2.31. The summed E-state index contributed by atoms with van der Waals surface area (Å²) in [6.45, 7) is 6.03. The van der Waals surface area contributed by atoms with Gasteiger partial charge >= 0.3 is 0 Å². The standard InChI is InChI=1S/C11H21N3O2/c1-7(2)12-9(6-15)10-8(3)13-14(4)11(10)16-5/h7,9,12,15H,6H2,1-5H3. The molecule has 1 rings (SSSR count). The lowest BCUT2D eigenvalue weighted by molar-refractivity contribution is 0.232. The Hall–Kier alpha value is -1.07. The Morgan fingerprint density at radius 1 is 1.50 bits per heavy atom. The van der Waals surface area contributed by atoms with Crippen LogP contribution in [0.2, 0.25) is 0 Å². The molecule has 5 heteroatoms. The number of nitrogens with one attached hydrogen (secondary N) is 1. The van der Waals surface area contributed by atoms with Gasteiger partial charge in [0.1, 0.15) is 0 Å². The summed E-state index contributed by atoms with van der Waals surface area (Å²) in [4.78, 5) is 0. The maximum atomic E-state index is 9.43. The zero-order chi connectivity index (χ0) is 12.3. The van der Waals surface area contributed by atoms with E-state index in [9.17, 15) is 5.11 Å². The van der Waals surface area contributed by atoms with Crippen LogP contribution < -0.4 is 10.1 Å². The molecule has 1 heterocycles. The average molecular weight is 227 g/mol. The molecule has 0 aliphatic rings. The van der Waals surface area contributed by atoms with Crippen LogP contribution >= 0.6 is 0 Å². The lowest BCUT2D eigenvalue weighted by atomic mass is 10.1. The Kier molecular flexibility index (Phi) is 4.32. The van der Waals surface area contributed by atoms with Crippen LogP contribution in [0.5, 0.6) is 5.88 Å². The van der Waals surface area contributed by atoms with Gasteiger partial charge in [-0.3, -0.25) is 0 Å². The molecule has 0 saturated heterocycles. The Morgan fingerprint density at radius 3 is 2.56 bits per heavy atom. The molecule has 1 aromatic rings. The fourth-order valence-corrected chi connectivity index (χ4v) is 1.93. The first-order chi connectivity index (χ1) is 7.51. The molecule has 0 aliphatic carbocycles. The van der Waals surface area contributed by atoms with Crippen LogP contribution in [0.15, 0.2) is 0 Å². The summed E-state index contributed by atoms with van der Waals surface area (Å²) in [5, 5.41) is 17.0. The molecule has 0 fully saturated rings. The Morgan fingerprint density at radius 2 is 2.12 bits per heavy atom. The van der Waals surface area contributed by atoms with E-state index in [1.165, 1.54) is 0 Å². The molecule has 0 saturated carbocycles. The highest BCUT2D eigenvalue weighted by Gasteiger charge is 2.22. The van der Waals surface area contributed by atoms with E-state index in [0.717, 1.165) is 11.3 Å². The smallest absolute Gasteiger partial charge is 0.216 e. The highest BCUT2D eigenvalue weighted by atomic mass is 16.5. The van der Waals surface area contributed by atoms with Crippen LogP contribution in [-0.4, -0.2) is 34.6 Å². The first-order valence-electron chi connectivity index (χ1n) is 5.45. The number of aliphatic hydroxyl groups is 1. The number of rotatable bonds is 5. The maximum absolute atomic E-state index is 9.43. The molecule has 0 radical (unpaired) electrons. The third-order valence-electron chi connectivity index (χ3n) is 2.47. The maximum Gasteiger partial charge on any atom is 0.216 e. The summed E-state index contributed by atoms with van der Waals surface area (Å²) in [5.41, 5.74) is 1.81. The largest absolute Gasteiger partial charge is 0.481 e. The normalized spacial score (nSPS) is 13.2. The van der Waals surface area contributed by atoms with Crippen molar-refractivity contribution in [1.29, 1.82) is 0 Å². The van der Waals surface area contributed by atoms with Gasteiger partial charge in [-0.15, -0.1) is 0 Å². The molecule has 0 amide bonds. The van der Waals surface area contributed by atoms with E-state index < -0.39 is 0 Å². The topological polar surface area (TPSA) is 59.3 Å². The summed E-state index contributed by atoms with van der Waals surface area (Å²) in [5.74, 6) is 0.699. The van der Waals surface area contributed by atoms with E-state index >= 15 is 0 Å². The summed E-state index contributed by atoms with van der Waals surface area (Å²) in [6.07, 6.45) is 0. The van der Waals surface area contributed by atoms with Crippen LogP contribution in [0.3, 0.4) is 0 Å². The van der Waals surface area contributed by atoms with Crippen molar-refractivity contribution in [3.05, 3.63) is 11.3 Å². The van der Waals surface area contributed by atoms with E-state index in [1.807, 2.05) is 27.8 Å². The number of methoxy groups -OCH3 is 1. The number of hydrogen-bond donors (Lipinski definition) is 2. The predicted molar refractivity (Wildman–Crippen MR) is 62.6 cm³/mol. The van der Waals surface area contributed by atoms with Gasteiger partial charge < -0.3 is 15.2 Å². The molecular formula is C11H21N3O2. The first kappa shape index (κ1) is 13.0. The molecule has 0 aromatic carbocycles. The SMILES string of the molecule is COc1c(C(CO)NC(C)C)c(C)nn1C. The van der Waals surface area contributed by atoms with Crippen molar-refractivity contribution in [3.8, 4) is 5.88 Å². The van der Waals surface area contributed by atoms with Crippen molar-refractivity contribution in [1.82, 2.24) is 15.1 Å². The number of nitrogens with zero attached hydrogens (tertiary/aromatic N) is 2. The van der Waals surface area contributed by atoms with E-state index in [4.69, 9.17) is 4.74 Å². The molecule has 16 heavy (non-hydrogen) atoms. The molecule has 0 spiro atoms. The van der Waals surface area contributed by atoms with Gasteiger partial charge in [0.05, 0.1) is 31.0 Å². The van der Waals surface area contributed by atoms with Crippen LogP contribution in [-0.2, 0) is 7.05 Å². The van der Waals surface area contributed by atoms with Crippen LogP contribution in [0, 0.1) is 6.92 Å². The van der Waals surface area contributed by atoms with Crippen molar-refractivity contribution < 1.29 is 9.84 Å². The van der Waals surface area contributed by atoms with Gasteiger partial charge in [0.15, 0.2) is 0 Å². The predicted octanol–water partition coefficient (Wildman–Crippen LogP) is 0.769. The second-order valence-electron chi connectivity index (χ2n) is 4.19. The summed E-state index contributed by atoms with van der Waals surface area (Å²) < 4.78 is 7.00. The van der Waals surface area contributed by atoms with Gasteiger partial charge in [0, 0.05) is 13.1 Å². The van der Waals surface area contributed by atoms with Crippen molar-refractivity contribution >= 4 is 0 Å².